The summed E-state index contributed by atoms with van der Waals surface area (Å²) in [5.74, 6) is 0.967. The van der Waals surface area contributed by atoms with Crippen LogP contribution in [-0.2, 0) is 4.79 Å². The van der Waals surface area contributed by atoms with E-state index in [9.17, 15) is 14.9 Å². The Kier molecular flexibility index (Phi) is 4.11. The number of nitrogens with zero attached hydrogens (tertiary/aromatic N) is 4. The van der Waals surface area contributed by atoms with Crippen LogP contribution in [0.3, 0.4) is 0 Å². The van der Waals surface area contributed by atoms with Crippen molar-refractivity contribution in [1.82, 2.24) is 4.90 Å². The van der Waals surface area contributed by atoms with Gasteiger partial charge in [0.2, 0.25) is 5.96 Å². The SMILES string of the molecule is CC1=CN=C2N=C(Nc3c(Cl)cccc3[N+](=O)[O-])N(C)C23CC(=O)CC(C)=C13. The van der Waals surface area contributed by atoms with Gasteiger partial charge in [0.05, 0.1) is 9.95 Å². The third-order valence-corrected chi connectivity index (χ3v) is 5.74. The lowest BCUT2D eigenvalue weighted by Crippen LogP contribution is -2.56. The molecule has 1 N–H and O–H groups in total. The number of carbonyl (C=O) groups excluding carboxylic acids is 1. The van der Waals surface area contributed by atoms with Crippen LogP contribution in [0.2, 0.25) is 5.02 Å². The molecule has 8 nitrogen and oxygen atoms in total. The van der Waals surface area contributed by atoms with E-state index in [1.807, 2.05) is 25.8 Å². The van der Waals surface area contributed by atoms with E-state index in [0.717, 1.165) is 16.7 Å². The van der Waals surface area contributed by atoms with Gasteiger partial charge >= 0.3 is 0 Å². The fourth-order valence-electron chi connectivity index (χ4n) is 4.28. The lowest BCUT2D eigenvalue weighted by molar-refractivity contribution is -0.383. The van der Waals surface area contributed by atoms with Gasteiger partial charge in [0.1, 0.15) is 17.0 Å². The van der Waals surface area contributed by atoms with Crippen molar-refractivity contribution in [3.05, 3.63) is 56.3 Å². The van der Waals surface area contributed by atoms with Crippen molar-refractivity contribution >= 4 is 40.6 Å². The molecule has 144 valence electrons. The molecule has 2 aliphatic heterocycles. The number of rotatable bonds is 2. The normalized spacial score (nSPS) is 23.6. The number of hydrogen-bond donors (Lipinski definition) is 1. The third-order valence-electron chi connectivity index (χ3n) is 5.43. The molecule has 28 heavy (non-hydrogen) atoms. The van der Waals surface area contributed by atoms with E-state index in [1.54, 1.807) is 12.3 Å². The van der Waals surface area contributed by atoms with E-state index in [2.05, 4.69) is 15.3 Å². The first kappa shape index (κ1) is 18.4. The number of ketones is 1. The molecular formula is C19H18ClN5O3. The van der Waals surface area contributed by atoms with Gasteiger partial charge in [-0.05, 0) is 31.1 Å². The Morgan fingerprint density at radius 2 is 2.11 bits per heavy atom. The average Bonchev–Trinajstić information content (AvgIpc) is 2.87. The Labute approximate surface area is 166 Å². The molecule has 1 unspecified atom stereocenters. The zero-order chi connectivity index (χ0) is 20.2. The summed E-state index contributed by atoms with van der Waals surface area (Å²) in [7, 11) is 1.81. The van der Waals surface area contributed by atoms with Gasteiger partial charge in [-0.2, -0.15) is 4.99 Å². The molecule has 1 spiro atoms. The van der Waals surface area contributed by atoms with E-state index >= 15 is 0 Å². The van der Waals surface area contributed by atoms with Crippen molar-refractivity contribution in [2.24, 2.45) is 9.98 Å². The molecule has 0 fully saturated rings. The van der Waals surface area contributed by atoms with Crippen LogP contribution >= 0.6 is 11.6 Å². The highest BCUT2D eigenvalue weighted by molar-refractivity contribution is 6.34. The van der Waals surface area contributed by atoms with Crippen molar-refractivity contribution in [2.45, 2.75) is 32.2 Å². The Balaban J connectivity index is 1.82. The predicted molar refractivity (Wildman–Crippen MR) is 108 cm³/mol. The maximum atomic E-state index is 12.5. The van der Waals surface area contributed by atoms with Crippen LogP contribution in [0.25, 0.3) is 0 Å². The lowest BCUT2D eigenvalue weighted by atomic mass is 9.71. The Hall–Kier alpha value is -3.00. The number of halogens is 1. The van der Waals surface area contributed by atoms with Crippen LogP contribution in [0.15, 0.2) is 51.1 Å². The number of likely N-dealkylation sites (N-methyl/N-ethyl adjacent to an activating group) is 1. The van der Waals surface area contributed by atoms with Crippen molar-refractivity contribution in [1.29, 1.82) is 0 Å². The van der Waals surface area contributed by atoms with Gasteiger partial charge in [-0.3, -0.25) is 14.9 Å². The summed E-state index contributed by atoms with van der Waals surface area (Å²) in [5, 5.41) is 14.6. The smallest absolute Gasteiger partial charge is 0.294 e. The van der Waals surface area contributed by atoms with Gasteiger partial charge in [-0.15, -0.1) is 0 Å². The maximum absolute atomic E-state index is 12.5. The minimum atomic E-state index is -0.795. The second kappa shape index (κ2) is 6.27. The van der Waals surface area contributed by atoms with Crippen LogP contribution in [0.5, 0.6) is 0 Å². The molecule has 0 bridgehead atoms. The third kappa shape index (κ3) is 2.48. The first-order chi connectivity index (χ1) is 13.3. The Bertz CT molecular complexity index is 1060. The van der Waals surface area contributed by atoms with E-state index in [0.29, 0.717) is 18.2 Å². The predicted octanol–water partition coefficient (Wildman–Crippen LogP) is 3.70. The fourth-order valence-corrected chi connectivity index (χ4v) is 4.50. The van der Waals surface area contributed by atoms with Crippen molar-refractivity contribution in [3.63, 3.8) is 0 Å². The van der Waals surface area contributed by atoms with Gasteiger partial charge in [0.15, 0.2) is 5.84 Å². The minimum absolute atomic E-state index is 0.107. The van der Waals surface area contributed by atoms with Gasteiger partial charge in [-0.1, -0.05) is 23.2 Å². The number of carbonyl (C=O) groups is 1. The van der Waals surface area contributed by atoms with Gasteiger partial charge in [-0.25, -0.2) is 4.99 Å². The summed E-state index contributed by atoms with van der Waals surface area (Å²) in [5.41, 5.74) is 2.22. The first-order valence-electron chi connectivity index (χ1n) is 8.75. The zero-order valence-corrected chi connectivity index (χ0v) is 16.4. The van der Waals surface area contributed by atoms with Crippen molar-refractivity contribution in [2.75, 3.05) is 12.4 Å². The quantitative estimate of drug-likeness (QED) is 0.603. The fraction of sp³-hybridized carbons (Fsp3) is 0.316. The number of aliphatic imine (C=N–C) groups is 2. The molecular weight excluding hydrogens is 382 g/mol. The standard InChI is InChI=1S/C19H18ClN5O3/c1-10-7-12(26)8-19-15(10)11(2)9-21-17(19)23-18(24(19)3)22-16-13(20)5-4-6-14(16)25(27)28/h4-6,9H,7-8H2,1-3H3,(H,21,22,23). The summed E-state index contributed by atoms with van der Waals surface area (Å²) in [6.07, 6.45) is 2.40. The number of guanidine groups is 1. The number of anilines is 1. The second-order valence-corrected chi connectivity index (χ2v) is 7.59. The average molecular weight is 400 g/mol. The van der Waals surface area contributed by atoms with Crippen LogP contribution in [0, 0.1) is 10.1 Å². The molecule has 3 aliphatic rings. The zero-order valence-electron chi connectivity index (χ0n) is 15.6. The van der Waals surface area contributed by atoms with E-state index < -0.39 is 10.5 Å². The number of amidine groups is 1. The molecule has 1 aromatic rings. The summed E-state index contributed by atoms with van der Waals surface area (Å²) < 4.78 is 0. The molecule has 1 atom stereocenters. The van der Waals surface area contributed by atoms with Gasteiger partial charge in [0, 0.05) is 32.2 Å². The summed E-state index contributed by atoms with van der Waals surface area (Å²) in [4.78, 5) is 34.3. The number of nitro groups is 1. The van der Waals surface area contributed by atoms with Crippen LogP contribution in [0.1, 0.15) is 26.7 Å². The molecule has 9 heteroatoms. The topological polar surface area (TPSA) is 100 Å². The number of nitrogens with one attached hydrogen (secondary N) is 1. The number of Topliss-reactive ketones (excluding diaryl/α,β-unsaturated/α-hetero) is 1. The molecule has 2 heterocycles. The van der Waals surface area contributed by atoms with Crippen LogP contribution < -0.4 is 5.32 Å². The summed E-state index contributed by atoms with van der Waals surface area (Å²) in [6, 6.07) is 4.46. The van der Waals surface area contributed by atoms with E-state index in [1.165, 1.54) is 12.1 Å². The first-order valence-corrected chi connectivity index (χ1v) is 9.13. The highest BCUT2D eigenvalue weighted by Crippen LogP contribution is 2.46. The number of nitro benzene ring substituents is 1. The highest BCUT2D eigenvalue weighted by Gasteiger charge is 2.54. The number of allylic oxidation sites excluding steroid dienone is 1. The molecule has 0 radical (unpaired) electrons. The number of benzene rings is 1. The largest absolute Gasteiger partial charge is 0.328 e. The molecule has 4 rings (SSSR count). The van der Waals surface area contributed by atoms with Crippen molar-refractivity contribution in [3.8, 4) is 0 Å². The molecule has 0 saturated heterocycles. The number of para-hydroxylation sites is 1. The lowest BCUT2D eigenvalue weighted by Gasteiger charge is -2.44. The molecule has 0 amide bonds. The molecule has 1 aliphatic carbocycles. The number of hydrogen-bond acceptors (Lipinski definition) is 7. The molecule has 0 saturated carbocycles. The molecule has 0 aromatic heterocycles. The summed E-state index contributed by atoms with van der Waals surface area (Å²) in [6.45, 7) is 3.92. The summed E-state index contributed by atoms with van der Waals surface area (Å²) >= 11 is 6.21. The Morgan fingerprint density at radius 1 is 1.36 bits per heavy atom. The second-order valence-electron chi connectivity index (χ2n) is 7.18. The van der Waals surface area contributed by atoms with Crippen LogP contribution in [-0.4, -0.2) is 40.0 Å². The van der Waals surface area contributed by atoms with E-state index in [-0.39, 0.29) is 28.6 Å². The van der Waals surface area contributed by atoms with Crippen LogP contribution in [0.4, 0.5) is 11.4 Å². The van der Waals surface area contributed by atoms with Crippen molar-refractivity contribution < 1.29 is 9.72 Å². The van der Waals surface area contributed by atoms with Gasteiger partial charge < -0.3 is 10.2 Å². The molecule has 1 aromatic carbocycles. The Morgan fingerprint density at radius 3 is 2.82 bits per heavy atom. The minimum Gasteiger partial charge on any atom is -0.328 e. The van der Waals surface area contributed by atoms with Gasteiger partial charge in [0.25, 0.3) is 5.69 Å². The maximum Gasteiger partial charge on any atom is 0.294 e. The monoisotopic (exact) mass is 399 g/mol. The van der Waals surface area contributed by atoms with E-state index in [4.69, 9.17) is 11.6 Å². The highest BCUT2D eigenvalue weighted by atomic mass is 35.5.